The summed E-state index contributed by atoms with van der Waals surface area (Å²) in [5, 5.41) is 2.68. The molecule has 5 heteroatoms. The van der Waals surface area contributed by atoms with Crippen molar-refractivity contribution in [2.45, 2.75) is 0 Å². The summed E-state index contributed by atoms with van der Waals surface area (Å²) in [6, 6.07) is 0. The molecule has 0 radical (unpaired) electrons. The van der Waals surface area contributed by atoms with Crippen molar-refractivity contribution >= 4 is 17.0 Å². The minimum absolute atomic E-state index is 0.220. The van der Waals surface area contributed by atoms with Gasteiger partial charge in [0, 0.05) is 18.8 Å². The van der Waals surface area contributed by atoms with Gasteiger partial charge < -0.3 is 4.98 Å². The zero-order valence-corrected chi connectivity index (χ0v) is 8.11. The highest BCUT2D eigenvalue weighted by atomic mass is 19.2. The van der Waals surface area contributed by atoms with Crippen LogP contribution >= 0.6 is 0 Å². The zero-order chi connectivity index (χ0) is 10.7. The van der Waals surface area contributed by atoms with Gasteiger partial charge in [0.25, 0.3) is 0 Å². The third-order valence-corrected chi connectivity index (χ3v) is 2.10. The first-order chi connectivity index (χ1) is 7.36. The Labute approximate surface area is 85.9 Å². The van der Waals surface area contributed by atoms with E-state index in [1.165, 1.54) is 0 Å². The van der Waals surface area contributed by atoms with E-state index in [1.807, 2.05) is 6.08 Å². The maximum absolute atomic E-state index is 12.3. The highest BCUT2D eigenvalue weighted by Gasteiger charge is 2.17. The molecule has 1 aliphatic carbocycles. The van der Waals surface area contributed by atoms with Gasteiger partial charge in [-0.15, -0.1) is 0 Å². The van der Waals surface area contributed by atoms with E-state index >= 15 is 0 Å². The minimum Gasteiger partial charge on any atom is -0.351 e. The molecule has 1 aromatic rings. The summed E-state index contributed by atoms with van der Waals surface area (Å²) >= 11 is 0. The van der Waals surface area contributed by atoms with Crippen molar-refractivity contribution in [2.24, 2.45) is 10.2 Å². The zero-order valence-electron chi connectivity index (χ0n) is 8.11. The lowest BCUT2D eigenvalue weighted by Crippen LogP contribution is -2.16. The van der Waals surface area contributed by atoms with Crippen LogP contribution in [-0.2, 0) is 0 Å². The number of hydrogen-bond acceptors (Lipinski definition) is 3. The Morgan fingerprint density at radius 1 is 1.47 bits per heavy atom. The van der Waals surface area contributed by atoms with Gasteiger partial charge in [-0.3, -0.25) is 4.99 Å². The molecule has 0 spiro atoms. The van der Waals surface area contributed by atoms with Crippen molar-refractivity contribution in [3.05, 3.63) is 36.4 Å². The number of aromatic nitrogens is 2. The van der Waals surface area contributed by atoms with Crippen LogP contribution in [0.3, 0.4) is 0 Å². The summed E-state index contributed by atoms with van der Waals surface area (Å²) in [4.78, 5) is 10.9. The number of allylic oxidation sites excluding steroid dienone is 4. The fourth-order valence-electron chi connectivity index (χ4n) is 1.45. The van der Waals surface area contributed by atoms with Crippen molar-refractivity contribution in [1.82, 2.24) is 9.97 Å². The Balaban J connectivity index is 2.49. The summed E-state index contributed by atoms with van der Waals surface area (Å²) in [5.41, 5.74) is 2.21. The number of aromatic amines is 1. The summed E-state index contributed by atoms with van der Waals surface area (Å²) < 4.78 is 12.3. The number of halogens is 1. The number of hydrogen-bond donors (Lipinski definition) is 1. The van der Waals surface area contributed by atoms with Gasteiger partial charge in [-0.2, -0.15) is 0 Å². The van der Waals surface area contributed by atoms with Gasteiger partial charge >= 0.3 is 0 Å². The van der Waals surface area contributed by atoms with Crippen molar-refractivity contribution in [1.29, 1.82) is 0 Å². The highest BCUT2D eigenvalue weighted by Crippen LogP contribution is 2.18. The maximum atomic E-state index is 12.3. The molecule has 0 aliphatic heterocycles. The van der Waals surface area contributed by atoms with E-state index < -0.39 is 0 Å². The molecule has 0 saturated carbocycles. The molecule has 1 heterocycles. The molecule has 2 rings (SSSR count). The number of H-pyrrole nitrogens is 1. The molecule has 76 valence electrons. The maximum Gasteiger partial charge on any atom is 0.122 e. The van der Waals surface area contributed by atoms with E-state index in [0.29, 0.717) is 5.71 Å². The predicted molar refractivity (Wildman–Crippen MR) is 57.6 cm³/mol. The molecule has 1 aromatic heterocycles. The number of imidazole rings is 1. The second kappa shape index (κ2) is 4.00. The summed E-state index contributed by atoms with van der Waals surface area (Å²) in [6.45, 7) is 0. The third-order valence-electron chi connectivity index (χ3n) is 2.10. The quantitative estimate of drug-likeness (QED) is 0.696. The van der Waals surface area contributed by atoms with Crippen LogP contribution < -0.4 is 0 Å². The fraction of sp³-hybridized carbons (Fsp3) is 0.100. The van der Waals surface area contributed by atoms with Gasteiger partial charge in [-0.1, -0.05) is 21.8 Å². The molecule has 0 aromatic carbocycles. The molecular weight excluding hydrogens is 195 g/mol. The SMILES string of the molecule is C/N=C1/C(c2c[nH]cn2)=CC=C/C1=N/F. The van der Waals surface area contributed by atoms with Gasteiger partial charge in [-0.25, -0.2) is 4.98 Å². The van der Waals surface area contributed by atoms with Gasteiger partial charge in [0.15, 0.2) is 0 Å². The van der Waals surface area contributed by atoms with E-state index in [0.717, 1.165) is 11.3 Å². The van der Waals surface area contributed by atoms with Crippen LogP contribution in [0.1, 0.15) is 5.69 Å². The van der Waals surface area contributed by atoms with Crippen LogP contribution in [0.4, 0.5) is 4.48 Å². The smallest absolute Gasteiger partial charge is 0.122 e. The molecule has 0 atom stereocenters. The molecule has 0 fully saturated rings. The summed E-state index contributed by atoms with van der Waals surface area (Å²) in [5.74, 6) is 0. The van der Waals surface area contributed by atoms with Gasteiger partial charge in [0.05, 0.1) is 17.7 Å². The van der Waals surface area contributed by atoms with Crippen LogP contribution in [0.5, 0.6) is 0 Å². The molecule has 4 nitrogen and oxygen atoms in total. The Kier molecular flexibility index (Phi) is 2.53. The molecular formula is C10H9FN4. The lowest BCUT2D eigenvalue weighted by Gasteiger charge is -2.10. The lowest BCUT2D eigenvalue weighted by atomic mass is 9.98. The molecule has 0 unspecified atom stereocenters. The van der Waals surface area contributed by atoms with Crippen molar-refractivity contribution in [3.63, 3.8) is 0 Å². The average molecular weight is 204 g/mol. The Morgan fingerprint density at radius 3 is 2.93 bits per heavy atom. The fourth-order valence-corrected chi connectivity index (χ4v) is 1.45. The summed E-state index contributed by atoms with van der Waals surface area (Å²) in [7, 11) is 1.60. The van der Waals surface area contributed by atoms with Crippen LogP contribution in [0.2, 0.25) is 0 Å². The standard InChI is InChI=1S/C10H9FN4/c1-12-10-7(9-5-13-6-14-9)3-2-4-8(10)15-11/h2-6H,1H3,(H,13,14)/b12-10-,15-8-. The van der Waals surface area contributed by atoms with Crippen LogP contribution in [0.15, 0.2) is 41.0 Å². The Bertz CT molecular complexity index is 466. The van der Waals surface area contributed by atoms with Crippen molar-refractivity contribution in [3.8, 4) is 0 Å². The normalized spacial score (nSPS) is 21.1. The van der Waals surface area contributed by atoms with Gasteiger partial charge in [0.2, 0.25) is 0 Å². The summed E-state index contributed by atoms with van der Waals surface area (Å²) in [6.07, 6.45) is 8.41. The van der Waals surface area contributed by atoms with Crippen LogP contribution in [0, 0.1) is 0 Å². The lowest BCUT2D eigenvalue weighted by molar-refractivity contribution is 0.539. The topological polar surface area (TPSA) is 53.4 Å². The second-order valence-corrected chi connectivity index (χ2v) is 2.94. The second-order valence-electron chi connectivity index (χ2n) is 2.94. The van der Waals surface area contributed by atoms with E-state index in [2.05, 4.69) is 20.2 Å². The number of aliphatic imine (C=N–C) groups is 1. The van der Waals surface area contributed by atoms with Crippen LogP contribution in [-0.4, -0.2) is 28.4 Å². The van der Waals surface area contributed by atoms with Crippen molar-refractivity contribution in [2.75, 3.05) is 7.05 Å². The molecule has 0 amide bonds. The average Bonchev–Trinajstić information content (AvgIpc) is 2.81. The molecule has 15 heavy (non-hydrogen) atoms. The molecule has 0 bridgehead atoms. The first kappa shape index (κ1) is 9.51. The van der Waals surface area contributed by atoms with E-state index in [1.54, 1.807) is 31.7 Å². The van der Waals surface area contributed by atoms with Crippen LogP contribution in [0.25, 0.3) is 5.57 Å². The Hall–Kier alpha value is -2.04. The first-order valence-electron chi connectivity index (χ1n) is 4.41. The third kappa shape index (κ3) is 1.63. The number of nitrogens with zero attached hydrogens (tertiary/aromatic N) is 3. The highest BCUT2D eigenvalue weighted by molar-refractivity contribution is 6.61. The number of rotatable bonds is 1. The van der Waals surface area contributed by atoms with E-state index in [4.69, 9.17) is 0 Å². The largest absolute Gasteiger partial charge is 0.351 e. The first-order valence-corrected chi connectivity index (χ1v) is 4.41. The minimum atomic E-state index is 0.220. The van der Waals surface area contributed by atoms with Crippen molar-refractivity contribution < 1.29 is 4.48 Å². The number of nitrogens with one attached hydrogen (secondary N) is 1. The monoisotopic (exact) mass is 204 g/mol. The van der Waals surface area contributed by atoms with E-state index in [-0.39, 0.29) is 5.71 Å². The Morgan fingerprint density at radius 2 is 2.33 bits per heavy atom. The van der Waals surface area contributed by atoms with Gasteiger partial charge in [-0.05, 0) is 6.08 Å². The predicted octanol–water partition coefficient (Wildman–Crippen LogP) is 1.76. The van der Waals surface area contributed by atoms with Gasteiger partial charge in [0.1, 0.15) is 5.71 Å². The van der Waals surface area contributed by atoms with E-state index in [9.17, 15) is 4.48 Å². The molecule has 0 saturated heterocycles. The molecule has 1 aliphatic rings. The molecule has 1 N–H and O–H groups in total.